The van der Waals surface area contributed by atoms with Crippen LogP contribution in [0.2, 0.25) is 0 Å². The molecule has 6 rings (SSSR count). The molecule has 0 radical (unpaired) electrons. The van der Waals surface area contributed by atoms with Crippen LogP contribution in [0.3, 0.4) is 0 Å². The first-order chi connectivity index (χ1) is 16.1. The van der Waals surface area contributed by atoms with Crippen molar-refractivity contribution in [2.45, 2.75) is 64.1 Å². The fourth-order valence-electron chi connectivity index (χ4n) is 7.47. The van der Waals surface area contributed by atoms with Crippen LogP contribution in [0.15, 0.2) is 59.2 Å². The van der Waals surface area contributed by atoms with Crippen molar-refractivity contribution in [2.24, 2.45) is 16.7 Å². The lowest BCUT2D eigenvalue weighted by Gasteiger charge is -2.59. The van der Waals surface area contributed by atoms with E-state index in [2.05, 4.69) is 37.3 Å². The maximum Gasteiger partial charge on any atom is 0.147 e. The van der Waals surface area contributed by atoms with Crippen LogP contribution in [0.1, 0.15) is 57.4 Å². The van der Waals surface area contributed by atoms with Crippen LogP contribution >= 0.6 is 0 Å². The van der Waals surface area contributed by atoms with Gasteiger partial charge in [0.1, 0.15) is 12.5 Å². The Balaban J connectivity index is 1.21. The van der Waals surface area contributed by atoms with Crippen molar-refractivity contribution in [1.82, 2.24) is 0 Å². The first-order valence-electron chi connectivity index (χ1n) is 12.6. The first kappa shape index (κ1) is 21.6. The van der Waals surface area contributed by atoms with Crippen LogP contribution in [0.25, 0.3) is 0 Å². The molecular formula is C29H36O4. The topological polar surface area (TPSA) is 36.9 Å². The van der Waals surface area contributed by atoms with Gasteiger partial charge in [0, 0.05) is 0 Å². The van der Waals surface area contributed by atoms with Gasteiger partial charge < -0.3 is 18.9 Å². The highest BCUT2D eigenvalue weighted by Gasteiger charge is 2.61. The van der Waals surface area contributed by atoms with Gasteiger partial charge in [-0.3, -0.25) is 0 Å². The van der Waals surface area contributed by atoms with E-state index in [0.29, 0.717) is 19.3 Å². The lowest BCUT2D eigenvalue weighted by Crippen LogP contribution is -2.60. The number of benzene rings is 1. The van der Waals surface area contributed by atoms with Gasteiger partial charge in [-0.25, -0.2) is 0 Å². The Bertz CT molecular complexity index is 1000. The normalized spacial score (nSPS) is 37.0. The van der Waals surface area contributed by atoms with Crippen molar-refractivity contribution in [1.29, 1.82) is 0 Å². The Kier molecular flexibility index (Phi) is 5.32. The van der Waals surface area contributed by atoms with E-state index in [9.17, 15) is 0 Å². The third-order valence-corrected chi connectivity index (χ3v) is 9.44. The van der Waals surface area contributed by atoms with Gasteiger partial charge in [-0.1, -0.05) is 42.9 Å². The molecule has 4 atom stereocenters. The molecule has 3 fully saturated rings. The zero-order chi connectivity index (χ0) is 22.5. The summed E-state index contributed by atoms with van der Waals surface area (Å²) in [5.41, 5.74) is 6.11. The fraction of sp³-hybridized carbons (Fsp3) is 0.586. The molecule has 0 unspecified atom stereocenters. The highest BCUT2D eigenvalue weighted by molar-refractivity contribution is 5.54. The number of ether oxygens (including phenoxy) is 4. The molecule has 1 heterocycles. The van der Waals surface area contributed by atoms with E-state index in [1.54, 1.807) is 18.3 Å². The standard InChI is InChI=1S/C29H36O4/c1-27-15-12-26-24(11-16-29-14-4-3-13-28(26,29)19-32-20-33-29)25(27)10-7-22(27)18-31-17-21-5-8-23(30-2)9-6-21/h3,5-6,8-9,12-13,22H,4,7,10-11,14-20H2,1-2H3/t22-,27-,28+,29-/m1/s1. The smallest absolute Gasteiger partial charge is 0.147 e. The Hall–Kier alpha value is -1.88. The van der Waals surface area contributed by atoms with Gasteiger partial charge in [0.25, 0.3) is 0 Å². The minimum Gasteiger partial charge on any atom is -0.497 e. The molecule has 0 aromatic heterocycles. The Morgan fingerprint density at radius 3 is 2.85 bits per heavy atom. The van der Waals surface area contributed by atoms with Gasteiger partial charge in [-0.15, -0.1) is 0 Å². The number of hydrogen-bond acceptors (Lipinski definition) is 4. The van der Waals surface area contributed by atoms with Crippen molar-refractivity contribution >= 4 is 0 Å². The maximum atomic E-state index is 6.42. The lowest BCUT2D eigenvalue weighted by atomic mass is 9.52. The molecule has 0 N–H and O–H groups in total. The van der Waals surface area contributed by atoms with E-state index in [4.69, 9.17) is 18.9 Å². The summed E-state index contributed by atoms with van der Waals surface area (Å²) in [6.07, 6.45) is 15.4. The molecule has 33 heavy (non-hydrogen) atoms. The number of hydrogen-bond donors (Lipinski definition) is 0. The van der Waals surface area contributed by atoms with Crippen LogP contribution in [0.4, 0.5) is 0 Å². The average Bonchev–Trinajstić information content (AvgIpc) is 3.19. The molecule has 1 aliphatic heterocycles. The zero-order valence-electron chi connectivity index (χ0n) is 20.0. The van der Waals surface area contributed by atoms with Gasteiger partial charge in [0.15, 0.2) is 0 Å². The van der Waals surface area contributed by atoms with E-state index in [1.165, 1.54) is 24.0 Å². The van der Waals surface area contributed by atoms with Gasteiger partial charge >= 0.3 is 0 Å². The van der Waals surface area contributed by atoms with E-state index < -0.39 is 0 Å². The monoisotopic (exact) mass is 448 g/mol. The second-order valence-corrected chi connectivity index (χ2v) is 10.8. The summed E-state index contributed by atoms with van der Waals surface area (Å²) in [5.74, 6) is 1.46. The lowest BCUT2D eigenvalue weighted by molar-refractivity contribution is -0.252. The van der Waals surface area contributed by atoms with Crippen molar-refractivity contribution < 1.29 is 18.9 Å². The largest absolute Gasteiger partial charge is 0.497 e. The third kappa shape index (κ3) is 3.21. The van der Waals surface area contributed by atoms with Crippen LogP contribution < -0.4 is 4.74 Å². The highest BCUT2D eigenvalue weighted by atomic mass is 16.7. The summed E-state index contributed by atoms with van der Waals surface area (Å²) in [6.45, 7) is 5.18. The summed E-state index contributed by atoms with van der Waals surface area (Å²) in [5, 5.41) is 0. The highest BCUT2D eigenvalue weighted by Crippen LogP contribution is 2.64. The molecule has 0 spiro atoms. The molecule has 4 aliphatic carbocycles. The second-order valence-electron chi connectivity index (χ2n) is 10.8. The fourth-order valence-corrected chi connectivity index (χ4v) is 7.47. The Morgan fingerprint density at radius 2 is 2.00 bits per heavy atom. The molecular weight excluding hydrogens is 412 g/mol. The molecule has 0 bridgehead atoms. The van der Waals surface area contributed by atoms with Crippen LogP contribution in [0.5, 0.6) is 5.75 Å². The molecule has 4 heteroatoms. The minimum absolute atomic E-state index is 0.0664. The summed E-state index contributed by atoms with van der Waals surface area (Å²) < 4.78 is 23.9. The van der Waals surface area contributed by atoms with Crippen molar-refractivity contribution in [3.63, 3.8) is 0 Å². The van der Waals surface area contributed by atoms with Crippen LogP contribution in [-0.4, -0.2) is 32.7 Å². The molecule has 1 aromatic carbocycles. The quantitative estimate of drug-likeness (QED) is 0.508. The number of allylic oxidation sites excluding steroid dienone is 4. The SMILES string of the molecule is COc1ccc(COC[C@H]2CCC3=C4CC[C@]56CCC=C[C@]5(COCO6)C4=CC[C@@]32C)cc1. The van der Waals surface area contributed by atoms with Crippen molar-refractivity contribution in [2.75, 3.05) is 27.1 Å². The summed E-state index contributed by atoms with van der Waals surface area (Å²) in [7, 11) is 1.70. The average molecular weight is 449 g/mol. The molecule has 1 saturated heterocycles. The van der Waals surface area contributed by atoms with E-state index in [-0.39, 0.29) is 16.4 Å². The Morgan fingerprint density at radius 1 is 1.12 bits per heavy atom. The summed E-state index contributed by atoms with van der Waals surface area (Å²) in [6, 6.07) is 8.20. The van der Waals surface area contributed by atoms with Gasteiger partial charge in [0.05, 0.1) is 37.9 Å². The van der Waals surface area contributed by atoms with E-state index in [0.717, 1.165) is 51.1 Å². The van der Waals surface area contributed by atoms with Crippen LogP contribution in [0, 0.1) is 16.7 Å². The Labute approximate surface area is 197 Å². The van der Waals surface area contributed by atoms with Gasteiger partial charge in [0.2, 0.25) is 0 Å². The second kappa shape index (κ2) is 8.11. The van der Waals surface area contributed by atoms with Gasteiger partial charge in [-0.2, -0.15) is 0 Å². The molecule has 0 amide bonds. The van der Waals surface area contributed by atoms with Gasteiger partial charge in [-0.05, 0) is 85.1 Å². The zero-order valence-corrected chi connectivity index (χ0v) is 20.0. The predicted molar refractivity (Wildman–Crippen MR) is 128 cm³/mol. The van der Waals surface area contributed by atoms with Crippen molar-refractivity contribution in [3.05, 3.63) is 64.8 Å². The molecule has 1 aromatic rings. The number of rotatable bonds is 5. The minimum atomic E-state index is -0.0889. The van der Waals surface area contributed by atoms with E-state index in [1.807, 2.05) is 12.1 Å². The van der Waals surface area contributed by atoms with E-state index >= 15 is 0 Å². The number of fused-ring (bicyclic) bond motifs is 2. The maximum absolute atomic E-state index is 6.42. The van der Waals surface area contributed by atoms with Crippen molar-refractivity contribution in [3.8, 4) is 5.75 Å². The number of methoxy groups -OCH3 is 1. The summed E-state index contributed by atoms with van der Waals surface area (Å²) >= 11 is 0. The first-order valence-corrected chi connectivity index (χ1v) is 12.6. The molecule has 4 nitrogen and oxygen atoms in total. The molecule has 5 aliphatic rings. The predicted octanol–water partition coefficient (Wildman–Crippen LogP) is 6.13. The molecule has 2 saturated carbocycles. The summed E-state index contributed by atoms with van der Waals surface area (Å²) in [4.78, 5) is 0. The molecule has 176 valence electrons. The third-order valence-electron chi connectivity index (χ3n) is 9.44. The van der Waals surface area contributed by atoms with Crippen LogP contribution in [-0.2, 0) is 20.8 Å².